The van der Waals surface area contributed by atoms with Gasteiger partial charge < -0.3 is 40.4 Å². The number of primary amides is 1. The van der Waals surface area contributed by atoms with Gasteiger partial charge in [0.05, 0.1) is 19.3 Å². The maximum Gasteiger partial charge on any atom is 0.404 e. The Hall–Kier alpha value is -2.73. The van der Waals surface area contributed by atoms with Crippen LogP contribution in [0, 0.1) is 11.8 Å². The van der Waals surface area contributed by atoms with Crippen molar-refractivity contribution >= 4 is 17.9 Å². The van der Waals surface area contributed by atoms with E-state index in [0.717, 1.165) is 56.9 Å². The van der Waals surface area contributed by atoms with Gasteiger partial charge in [-0.05, 0) is 99.2 Å². The number of nitrogens with two attached hydrogens (primary N) is 1. The van der Waals surface area contributed by atoms with Gasteiger partial charge in [0.1, 0.15) is 6.61 Å². The third-order valence-corrected chi connectivity index (χ3v) is 9.32. The maximum atomic E-state index is 12.3. The van der Waals surface area contributed by atoms with E-state index >= 15 is 0 Å². The van der Waals surface area contributed by atoms with Crippen molar-refractivity contribution in [2.24, 2.45) is 17.6 Å². The number of aliphatic hydroxyl groups excluding tert-OH is 1. The molecule has 0 saturated heterocycles. The van der Waals surface area contributed by atoms with Crippen LogP contribution in [0.5, 0.6) is 0 Å². The van der Waals surface area contributed by atoms with Gasteiger partial charge in [-0.1, -0.05) is 18.2 Å². The number of rotatable bonds is 23. The number of aryl methyl sites for hydroxylation is 1. The summed E-state index contributed by atoms with van der Waals surface area (Å²) in [5.74, 6) is 1.37. The SMILES string of the molecule is [2H]NC(=O)OCC1c2cc(CCCC(=O)NCCOC(C)CCO)ccc2C2CCC(CCCC(=O)NCCOCCCOC)CC21. The van der Waals surface area contributed by atoms with Crippen LogP contribution in [-0.4, -0.2) is 89.0 Å². The third kappa shape index (κ3) is 13.2. The summed E-state index contributed by atoms with van der Waals surface area (Å²) in [6, 6.07) is 6.62. The van der Waals surface area contributed by atoms with Gasteiger partial charge in [-0.2, -0.15) is 0 Å². The molecule has 1 aromatic carbocycles. The van der Waals surface area contributed by atoms with Crippen molar-refractivity contribution in [2.75, 3.05) is 59.8 Å². The van der Waals surface area contributed by atoms with Crippen molar-refractivity contribution in [3.8, 4) is 0 Å². The van der Waals surface area contributed by atoms with E-state index < -0.39 is 6.09 Å². The van der Waals surface area contributed by atoms with Crippen LogP contribution in [0.15, 0.2) is 18.2 Å². The standard InChI is InChI=1S/C35H57N3O8/c1-25(14-17-39)45-21-16-38-34(41)9-4-7-27-11-13-29-28-12-10-26(22-30(28)32(31(29)23-27)24-46-35(36)42)6-3-8-33(40)37-15-20-44-19-5-18-43-2/h11,13,23,25-26,28,30,32,39H,3-10,12,14-22,24H2,1-2H3,(H2,36,42)(H,37,40)(H,38,41)/i/hD. The second-order valence-corrected chi connectivity index (χ2v) is 12.7. The summed E-state index contributed by atoms with van der Waals surface area (Å²) in [6.07, 6.45) is 8.08. The van der Waals surface area contributed by atoms with E-state index in [1.807, 2.05) is 12.7 Å². The minimum Gasteiger partial charge on any atom is -0.449 e. The molecule has 2 aliphatic carbocycles. The van der Waals surface area contributed by atoms with E-state index in [2.05, 4.69) is 28.8 Å². The molecule has 0 aliphatic heterocycles. The molecule has 260 valence electrons. The number of benzene rings is 1. The molecule has 1 saturated carbocycles. The van der Waals surface area contributed by atoms with E-state index in [9.17, 15) is 14.4 Å². The number of hydrogen-bond donors (Lipinski definition) is 4. The van der Waals surface area contributed by atoms with Crippen LogP contribution in [0.4, 0.5) is 4.79 Å². The number of ether oxygens (including phenoxy) is 4. The van der Waals surface area contributed by atoms with E-state index in [1.165, 1.54) is 11.1 Å². The summed E-state index contributed by atoms with van der Waals surface area (Å²) in [5.41, 5.74) is 5.53. The molecule has 5 N–H and O–H groups in total. The lowest BCUT2D eigenvalue weighted by molar-refractivity contribution is -0.122. The summed E-state index contributed by atoms with van der Waals surface area (Å²) < 4.78 is 28.7. The first-order valence-corrected chi connectivity index (χ1v) is 17.2. The molecule has 3 amide bonds. The second kappa shape index (κ2) is 21.2. The lowest BCUT2D eigenvalue weighted by Crippen LogP contribution is -2.28. The first-order valence-electron chi connectivity index (χ1n) is 17.7. The fourth-order valence-corrected chi connectivity index (χ4v) is 7.00. The van der Waals surface area contributed by atoms with Gasteiger partial charge in [-0.25, -0.2) is 4.79 Å². The van der Waals surface area contributed by atoms with Crippen molar-refractivity contribution in [1.29, 1.82) is 0 Å². The van der Waals surface area contributed by atoms with Crippen LogP contribution in [-0.2, 0) is 35.0 Å². The van der Waals surface area contributed by atoms with Gasteiger partial charge in [0.25, 0.3) is 0 Å². The highest BCUT2D eigenvalue weighted by Gasteiger charge is 2.44. The van der Waals surface area contributed by atoms with E-state index in [0.29, 0.717) is 76.5 Å². The van der Waals surface area contributed by atoms with Crippen molar-refractivity contribution in [3.63, 3.8) is 0 Å². The van der Waals surface area contributed by atoms with Gasteiger partial charge in [0, 0.05) is 58.8 Å². The lowest BCUT2D eigenvalue weighted by atomic mass is 9.70. The molecule has 0 aromatic heterocycles. The molecule has 11 nitrogen and oxygen atoms in total. The third-order valence-electron chi connectivity index (χ3n) is 9.32. The maximum absolute atomic E-state index is 12.3. The van der Waals surface area contributed by atoms with Crippen LogP contribution >= 0.6 is 0 Å². The fourth-order valence-electron chi connectivity index (χ4n) is 7.00. The number of fused-ring (bicyclic) bond motifs is 3. The number of aliphatic hydroxyl groups is 1. The summed E-state index contributed by atoms with van der Waals surface area (Å²) in [7, 11) is 1.67. The molecular weight excluding hydrogens is 590 g/mol. The van der Waals surface area contributed by atoms with Gasteiger partial charge >= 0.3 is 6.09 Å². The fraction of sp³-hybridized carbons (Fsp3) is 0.743. The molecule has 11 heteroatoms. The molecule has 46 heavy (non-hydrogen) atoms. The molecule has 0 heterocycles. The Morgan fingerprint density at radius 1 is 1.02 bits per heavy atom. The highest BCUT2D eigenvalue weighted by Crippen LogP contribution is 2.55. The van der Waals surface area contributed by atoms with E-state index in [1.54, 1.807) is 7.11 Å². The lowest BCUT2D eigenvalue weighted by Gasteiger charge is -2.35. The Balaban J connectivity index is 1.46. The van der Waals surface area contributed by atoms with Crippen LogP contribution < -0.4 is 16.4 Å². The Kier molecular flexibility index (Phi) is 16.6. The number of methoxy groups -OCH3 is 1. The Morgan fingerprint density at radius 3 is 2.57 bits per heavy atom. The predicted octanol–water partition coefficient (Wildman–Crippen LogP) is 3.95. The molecule has 3 rings (SSSR count). The quantitative estimate of drug-likeness (QED) is 0.130. The first-order chi connectivity index (χ1) is 22.9. The number of amides is 3. The van der Waals surface area contributed by atoms with Crippen LogP contribution in [0.3, 0.4) is 0 Å². The molecule has 0 radical (unpaired) electrons. The molecule has 0 bridgehead atoms. The van der Waals surface area contributed by atoms with Crippen molar-refractivity contribution < 1.29 is 39.8 Å². The number of carbonyl (C=O) groups is 3. The summed E-state index contributed by atoms with van der Waals surface area (Å²) in [4.78, 5) is 36.5. The summed E-state index contributed by atoms with van der Waals surface area (Å²) in [5, 5.41) is 14.8. The number of nitrogens with one attached hydrogen (secondary N) is 2. The average molecular weight is 649 g/mol. The second-order valence-electron chi connectivity index (χ2n) is 12.7. The zero-order valence-electron chi connectivity index (χ0n) is 28.9. The smallest absolute Gasteiger partial charge is 0.404 e. The molecule has 1 aromatic rings. The Morgan fingerprint density at radius 2 is 1.80 bits per heavy atom. The van der Waals surface area contributed by atoms with Crippen molar-refractivity contribution in [1.82, 2.24) is 10.6 Å². The number of carbonyl (C=O) groups excluding carboxylic acids is 3. The molecule has 0 spiro atoms. The summed E-state index contributed by atoms with van der Waals surface area (Å²) in [6.45, 7) is 5.40. The van der Waals surface area contributed by atoms with Crippen LogP contribution in [0.2, 0.25) is 1.41 Å². The molecular formula is C35H57N3O8. The number of hydrogen-bond acceptors (Lipinski definition) is 8. The minimum atomic E-state index is -0.746. The van der Waals surface area contributed by atoms with E-state index in [-0.39, 0.29) is 37.0 Å². The molecule has 5 unspecified atom stereocenters. The summed E-state index contributed by atoms with van der Waals surface area (Å²) >= 11 is 0. The zero-order valence-corrected chi connectivity index (χ0v) is 27.9. The average Bonchev–Trinajstić information content (AvgIpc) is 3.37. The Labute approximate surface area is 276 Å². The monoisotopic (exact) mass is 648 g/mol. The van der Waals surface area contributed by atoms with Gasteiger partial charge in [-0.3, -0.25) is 9.59 Å². The topological polar surface area (TPSA) is 158 Å². The predicted molar refractivity (Wildman–Crippen MR) is 176 cm³/mol. The van der Waals surface area contributed by atoms with Crippen molar-refractivity contribution in [3.05, 3.63) is 34.9 Å². The zero-order chi connectivity index (χ0) is 33.9. The van der Waals surface area contributed by atoms with Gasteiger partial charge in [0.15, 0.2) is 1.41 Å². The normalized spacial score (nSPS) is 21.1. The molecule has 5 atom stereocenters. The highest BCUT2D eigenvalue weighted by molar-refractivity contribution is 5.76. The Bertz CT molecular complexity index is 1090. The van der Waals surface area contributed by atoms with Crippen LogP contribution in [0.1, 0.15) is 99.7 Å². The first kappa shape index (κ1) is 36.1. The van der Waals surface area contributed by atoms with Gasteiger partial charge in [-0.15, -0.1) is 0 Å². The minimum absolute atomic E-state index is 0.00506. The van der Waals surface area contributed by atoms with E-state index in [4.69, 9.17) is 25.5 Å². The molecule has 1 fully saturated rings. The highest BCUT2D eigenvalue weighted by atomic mass is 16.5. The van der Waals surface area contributed by atoms with Crippen LogP contribution in [0.25, 0.3) is 0 Å². The molecule has 2 aliphatic rings. The van der Waals surface area contributed by atoms with Gasteiger partial charge in [0.2, 0.25) is 11.8 Å². The largest absolute Gasteiger partial charge is 0.449 e. The van der Waals surface area contributed by atoms with Crippen molar-refractivity contribution in [2.45, 2.75) is 95.5 Å².